The third-order valence-electron chi connectivity index (χ3n) is 2.05. The van der Waals surface area contributed by atoms with Gasteiger partial charge in [0.15, 0.2) is 0 Å². The van der Waals surface area contributed by atoms with Crippen molar-refractivity contribution in [3.8, 4) is 0 Å². The maximum absolute atomic E-state index is 12.6. The minimum Gasteiger partial charge on any atom is -0.393 e. The summed E-state index contributed by atoms with van der Waals surface area (Å²) >= 11 is 0. The number of rotatable bonds is 2. The summed E-state index contributed by atoms with van der Waals surface area (Å²) in [6.07, 6.45) is -4.71. The lowest BCUT2D eigenvalue weighted by Gasteiger charge is -2.14. The summed E-state index contributed by atoms with van der Waals surface area (Å²) in [5, 5.41) is 10.4. The van der Waals surface area contributed by atoms with Crippen LogP contribution in [0.2, 0.25) is 6.82 Å². The fraction of sp³-hybridized carbons (Fsp3) is 0.250. The van der Waals surface area contributed by atoms with E-state index < -0.39 is 28.0 Å². The molecule has 8 heteroatoms. The van der Waals surface area contributed by atoms with Gasteiger partial charge in [-0.3, -0.25) is 10.1 Å². The lowest BCUT2D eigenvalue weighted by atomic mass is 9.70. The number of nitrogens with zero attached hydrogens (tertiary/aromatic N) is 1. The number of nitro groups is 1. The van der Waals surface area contributed by atoms with Crippen LogP contribution in [0.3, 0.4) is 0 Å². The minimum atomic E-state index is -4.71. The van der Waals surface area contributed by atoms with Gasteiger partial charge in [-0.1, -0.05) is 18.4 Å². The lowest BCUT2D eigenvalue weighted by Crippen LogP contribution is -2.26. The molecule has 0 heterocycles. The van der Waals surface area contributed by atoms with Crippen LogP contribution in [0.4, 0.5) is 24.5 Å². The molecule has 85 valence electrons. The molecule has 0 saturated heterocycles. The molecular weight excluding hydrogens is 224 g/mol. The van der Waals surface area contributed by atoms with Gasteiger partial charge >= 0.3 is 6.18 Å². The molecule has 2 N–H and O–H groups in total. The van der Waals surface area contributed by atoms with E-state index in [1.807, 2.05) is 0 Å². The Morgan fingerprint density at radius 2 is 2.00 bits per heavy atom. The highest BCUT2D eigenvalue weighted by Gasteiger charge is 2.37. The normalized spacial score (nSPS) is 11.2. The molecule has 1 radical (unpaired) electrons. The quantitative estimate of drug-likeness (QED) is 0.363. The largest absolute Gasteiger partial charge is 0.418 e. The molecule has 1 aromatic rings. The van der Waals surface area contributed by atoms with E-state index in [1.54, 1.807) is 0 Å². The molecule has 0 atom stereocenters. The first-order valence-corrected chi connectivity index (χ1v) is 4.22. The molecule has 16 heavy (non-hydrogen) atoms. The molecule has 0 unspecified atom stereocenters. The fourth-order valence-corrected chi connectivity index (χ4v) is 1.34. The Morgan fingerprint density at radius 1 is 1.44 bits per heavy atom. The number of nitrogen functional groups attached to an aromatic ring is 1. The predicted octanol–water partition coefficient (Wildman–Crippen LogP) is 1.57. The number of nitro benzene ring substituents is 1. The van der Waals surface area contributed by atoms with Gasteiger partial charge in [0, 0.05) is 6.07 Å². The van der Waals surface area contributed by atoms with E-state index in [1.165, 1.54) is 14.1 Å². The fourth-order valence-electron chi connectivity index (χ4n) is 1.34. The third kappa shape index (κ3) is 2.10. The van der Waals surface area contributed by atoms with Crippen molar-refractivity contribution in [3.05, 3.63) is 27.8 Å². The SMILES string of the molecule is C[B]c1ccc([N+](=O)[O-])c(N)c1C(F)(F)F. The average molecular weight is 231 g/mol. The van der Waals surface area contributed by atoms with Crippen molar-refractivity contribution in [1.82, 2.24) is 0 Å². The number of hydrogen-bond acceptors (Lipinski definition) is 3. The van der Waals surface area contributed by atoms with Gasteiger partial charge in [0.1, 0.15) is 13.0 Å². The molecule has 1 aromatic carbocycles. The average Bonchev–Trinajstić information content (AvgIpc) is 2.14. The summed E-state index contributed by atoms with van der Waals surface area (Å²) in [6, 6.07) is 1.98. The van der Waals surface area contributed by atoms with E-state index in [4.69, 9.17) is 5.73 Å². The van der Waals surface area contributed by atoms with Crippen molar-refractivity contribution in [2.24, 2.45) is 0 Å². The minimum absolute atomic E-state index is 0.171. The first-order chi connectivity index (χ1) is 7.29. The number of alkyl halides is 3. The Hall–Kier alpha value is -1.73. The lowest BCUT2D eigenvalue weighted by molar-refractivity contribution is -0.384. The molecule has 0 saturated carbocycles. The second-order valence-corrected chi connectivity index (χ2v) is 3.01. The van der Waals surface area contributed by atoms with E-state index in [2.05, 4.69) is 0 Å². The molecule has 1 rings (SSSR count). The summed E-state index contributed by atoms with van der Waals surface area (Å²) in [4.78, 5) is 9.51. The summed E-state index contributed by atoms with van der Waals surface area (Å²) in [5.41, 5.74) is 2.24. The van der Waals surface area contributed by atoms with Gasteiger partial charge in [-0.15, -0.1) is 0 Å². The van der Waals surface area contributed by atoms with Gasteiger partial charge in [0.2, 0.25) is 0 Å². The second-order valence-electron chi connectivity index (χ2n) is 3.01. The predicted molar refractivity (Wildman–Crippen MR) is 53.8 cm³/mol. The third-order valence-corrected chi connectivity index (χ3v) is 2.05. The molecule has 0 aliphatic heterocycles. The molecule has 0 spiro atoms. The van der Waals surface area contributed by atoms with Crippen molar-refractivity contribution >= 4 is 24.1 Å². The molecule has 0 aromatic heterocycles. The zero-order chi connectivity index (χ0) is 12.5. The highest BCUT2D eigenvalue weighted by molar-refractivity contribution is 6.53. The molecule has 0 amide bonds. The monoisotopic (exact) mass is 231 g/mol. The van der Waals surface area contributed by atoms with Gasteiger partial charge in [-0.2, -0.15) is 13.2 Å². The molecule has 0 bridgehead atoms. The number of hydrogen-bond donors (Lipinski definition) is 1. The Labute approximate surface area is 89.6 Å². The van der Waals surface area contributed by atoms with E-state index in [0.717, 1.165) is 12.1 Å². The highest BCUT2D eigenvalue weighted by atomic mass is 19.4. The van der Waals surface area contributed by atoms with Gasteiger partial charge in [0.05, 0.1) is 10.5 Å². The zero-order valence-corrected chi connectivity index (χ0v) is 8.21. The van der Waals surface area contributed by atoms with Crippen molar-refractivity contribution < 1.29 is 18.1 Å². The van der Waals surface area contributed by atoms with Crippen molar-refractivity contribution in [1.29, 1.82) is 0 Å². The molecule has 0 aliphatic rings. The van der Waals surface area contributed by atoms with Crippen LogP contribution in [0.25, 0.3) is 0 Å². The maximum Gasteiger partial charge on any atom is 0.418 e. The Kier molecular flexibility index (Phi) is 3.11. The summed E-state index contributed by atoms with van der Waals surface area (Å²) in [6.45, 7) is 1.40. The van der Waals surface area contributed by atoms with Crippen LogP contribution in [0, 0.1) is 10.1 Å². The summed E-state index contributed by atoms with van der Waals surface area (Å²) < 4.78 is 37.9. The zero-order valence-electron chi connectivity index (χ0n) is 8.21. The number of benzene rings is 1. The number of nitrogens with two attached hydrogens (primary N) is 1. The van der Waals surface area contributed by atoms with Crippen LogP contribution in [0.1, 0.15) is 5.56 Å². The molecule has 0 aliphatic carbocycles. The van der Waals surface area contributed by atoms with Gasteiger partial charge in [0.25, 0.3) is 5.69 Å². The number of halogens is 3. The first-order valence-electron chi connectivity index (χ1n) is 4.22. The van der Waals surface area contributed by atoms with Gasteiger partial charge < -0.3 is 5.73 Å². The summed E-state index contributed by atoms with van der Waals surface area (Å²) in [5.74, 6) is 0. The van der Waals surface area contributed by atoms with Crippen molar-refractivity contribution in [2.75, 3.05) is 5.73 Å². The van der Waals surface area contributed by atoms with E-state index in [-0.39, 0.29) is 5.46 Å². The number of anilines is 1. The van der Waals surface area contributed by atoms with Crippen LogP contribution < -0.4 is 11.2 Å². The van der Waals surface area contributed by atoms with Crippen LogP contribution in [-0.2, 0) is 6.18 Å². The Balaban J connectivity index is 3.53. The molecule has 4 nitrogen and oxygen atoms in total. The second kappa shape index (κ2) is 4.03. The van der Waals surface area contributed by atoms with E-state index in [9.17, 15) is 23.3 Å². The highest BCUT2D eigenvalue weighted by Crippen LogP contribution is 2.36. The Morgan fingerprint density at radius 3 is 2.38 bits per heavy atom. The van der Waals surface area contributed by atoms with Crippen molar-refractivity contribution in [3.63, 3.8) is 0 Å². The van der Waals surface area contributed by atoms with Crippen LogP contribution >= 0.6 is 0 Å². The van der Waals surface area contributed by atoms with Gasteiger partial charge in [-0.05, 0) is 0 Å². The van der Waals surface area contributed by atoms with Crippen LogP contribution in [-0.4, -0.2) is 12.2 Å². The van der Waals surface area contributed by atoms with E-state index >= 15 is 0 Å². The van der Waals surface area contributed by atoms with E-state index in [0.29, 0.717) is 0 Å². The first kappa shape index (κ1) is 12.3. The smallest absolute Gasteiger partial charge is 0.393 e. The Bertz CT molecular complexity index is 434. The van der Waals surface area contributed by atoms with Gasteiger partial charge in [-0.25, -0.2) is 0 Å². The summed E-state index contributed by atoms with van der Waals surface area (Å²) in [7, 11) is 1.20. The topological polar surface area (TPSA) is 69.2 Å². The maximum atomic E-state index is 12.6. The van der Waals surface area contributed by atoms with Crippen LogP contribution in [0.5, 0.6) is 0 Å². The van der Waals surface area contributed by atoms with Crippen LogP contribution in [0.15, 0.2) is 12.1 Å². The standard InChI is InChI=1S/C8H7BF3N2O2/c1-9-4-2-3-5(14(15)16)7(13)6(4)8(10,11)12/h2-3H,13H2,1H3. The van der Waals surface area contributed by atoms with Crippen molar-refractivity contribution in [2.45, 2.75) is 13.0 Å². The molecule has 0 fully saturated rings. The molecular formula is C8H7BF3N2O2.